The molecule has 0 aromatic carbocycles. The highest BCUT2D eigenvalue weighted by atomic mass is 16.4. The summed E-state index contributed by atoms with van der Waals surface area (Å²) in [7, 11) is 0. The van der Waals surface area contributed by atoms with Gasteiger partial charge in [-0.05, 0) is 129 Å². The molecule has 9 nitrogen and oxygen atoms in total. The summed E-state index contributed by atoms with van der Waals surface area (Å²) in [5.74, 6) is -0.323. The Morgan fingerprint density at radius 3 is 2.39 bits per heavy atom. The molecule has 0 spiro atoms. The SMILES string of the molecule is CCCCC[C@@H]1C=C[C@@H](CCCCC[C@H](C(=O)O)[C@H](O)CC[C@]2(O)C[C@H](Cc3ccnc(N)c3)C[C@H]2Cc2cc([C@H](C)c3c[nH]c(CC)c3)c[nH]2)[C@H](O)C1. The molecule has 298 valence electrons. The lowest BCUT2D eigenvalue weighted by molar-refractivity contribution is -0.146. The number of carboxylic acids is 1. The molecule has 0 amide bonds. The van der Waals surface area contributed by atoms with Crippen LogP contribution in [-0.2, 0) is 24.1 Å². The fraction of sp³-hybridized carbons (Fsp3) is 0.644. The minimum atomic E-state index is -1.04. The number of hydrogen-bond acceptors (Lipinski definition) is 6. The van der Waals surface area contributed by atoms with Gasteiger partial charge in [0.15, 0.2) is 0 Å². The predicted octanol–water partition coefficient (Wildman–Crippen LogP) is 8.50. The van der Waals surface area contributed by atoms with Crippen LogP contribution in [0.15, 0.2) is 55.0 Å². The van der Waals surface area contributed by atoms with Crippen LogP contribution in [0.4, 0.5) is 5.82 Å². The summed E-state index contributed by atoms with van der Waals surface area (Å²) in [4.78, 5) is 23.4. The number of nitrogens with one attached hydrogen (secondary N) is 2. The third-order valence-corrected chi connectivity index (χ3v) is 12.8. The summed E-state index contributed by atoms with van der Waals surface area (Å²) >= 11 is 0. The maximum Gasteiger partial charge on any atom is 0.309 e. The number of aliphatic hydroxyl groups excluding tert-OH is 2. The number of nitrogens with two attached hydrogens (primary N) is 1. The Labute approximate surface area is 323 Å². The molecule has 1 fully saturated rings. The Morgan fingerprint density at radius 2 is 1.70 bits per heavy atom. The molecule has 0 aliphatic heterocycles. The van der Waals surface area contributed by atoms with Crippen molar-refractivity contribution < 1.29 is 25.2 Å². The Balaban J connectivity index is 1.16. The molecular weight excluding hydrogens is 677 g/mol. The zero-order chi connectivity index (χ0) is 38.7. The maximum absolute atomic E-state index is 12.4. The van der Waals surface area contributed by atoms with Crippen LogP contribution in [0.1, 0.15) is 145 Å². The van der Waals surface area contributed by atoms with E-state index in [-0.39, 0.29) is 36.2 Å². The van der Waals surface area contributed by atoms with Crippen molar-refractivity contribution in [1.29, 1.82) is 0 Å². The number of aliphatic hydroxyl groups is 3. The minimum absolute atomic E-state index is 0.0475. The monoisotopic (exact) mass is 745 g/mol. The number of anilines is 1. The van der Waals surface area contributed by atoms with Crippen molar-refractivity contribution in [2.24, 2.45) is 29.6 Å². The molecule has 5 rings (SSSR count). The number of unbranched alkanes of at least 4 members (excludes halogenated alkanes) is 4. The molecule has 0 bridgehead atoms. The summed E-state index contributed by atoms with van der Waals surface area (Å²) in [6.45, 7) is 6.56. The third-order valence-electron chi connectivity index (χ3n) is 12.8. The van der Waals surface area contributed by atoms with Gasteiger partial charge in [-0.25, -0.2) is 4.98 Å². The maximum atomic E-state index is 12.4. The Morgan fingerprint density at radius 1 is 0.963 bits per heavy atom. The van der Waals surface area contributed by atoms with Crippen LogP contribution in [0.5, 0.6) is 0 Å². The second-order valence-corrected chi connectivity index (χ2v) is 16.9. The first-order valence-electron chi connectivity index (χ1n) is 21.0. The van der Waals surface area contributed by atoms with E-state index in [1.54, 1.807) is 6.20 Å². The number of pyridine rings is 1. The lowest BCUT2D eigenvalue weighted by Gasteiger charge is -2.32. The van der Waals surface area contributed by atoms with Crippen molar-refractivity contribution in [3.8, 4) is 0 Å². The zero-order valence-electron chi connectivity index (χ0n) is 33.1. The standard InChI is InChI=1S/C45H68N4O5/c1-4-6-8-11-31-14-15-34(42(51)22-31)12-9-7-10-13-40(44(52)53)41(50)16-18-45(54)27-33(20-32-17-19-47-43(46)23-32)21-37(45)26-39-25-36(29-49-39)30(3)35-24-38(5-2)48-28-35/h14-15,17,19,23-25,28-31,33-34,37,40-42,48-51,54H,4-13,16,18,20-22,26-27H2,1-3H3,(H2,46,47)(H,52,53)/t30-,31-,33-,34-,37+,40+,41-,42-,45+/m1/s1. The van der Waals surface area contributed by atoms with Crippen LogP contribution >= 0.6 is 0 Å². The Kier molecular flexibility index (Phi) is 15.4. The van der Waals surface area contributed by atoms with Crippen molar-refractivity contribution in [2.75, 3.05) is 5.73 Å². The van der Waals surface area contributed by atoms with E-state index >= 15 is 0 Å². The number of H-pyrrole nitrogens is 2. The van der Waals surface area contributed by atoms with Gasteiger partial charge >= 0.3 is 5.97 Å². The van der Waals surface area contributed by atoms with Crippen molar-refractivity contribution >= 4 is 11.8 Å². The van der Waals surface area contributed by atoms with E-state index in [4.69, 9.17) is 5.73 Å². The number of rotatable bonds is 22. The molecule has 8 N–H and O–H groups in total. The minimum Gasteiger partial charge on any atom is -0.481 e. The van der Waals surface area contributed by atoms with Crippen LogP contribution in [0.3, 0.4) is 0 Å². The van der Waals surface area contributed by atoms with Crippen LogP contribution in [0.25, 0.3) is 0 Å². The van der Waals surface area contributed by atoms with E-state index in [0.717, 1.165) is 62.6 Å². The van der Waals surface area contributed by atoms with Gasteiger partial charge in [-0.3, -0.25) is 4.79 Å². The number of aliphatic carboxylic acids is 1. The average molecular weight is 745 g/mol. The summed E-state index contributed by atoms with van der Waals surface area (Å²) in [6, 6.07) is 8.32. The van der Waals surface area contributed by atoms with Gasteiger partial charge in [-0.1, -0.05) is 71.4 Å². The number of aromatic amines is 2. The van der Waals surface area contributed by atoms with Gasteiger partial charge in [0.2, 0.25) is 0 Å². The highest BCUT2D eigenvalue weighted by Gasteiger charge is 2.46. The van der Waals surface area contributed by atoms with Gasteiger partial charge in [-0.2, -0.15) is 0 Å². The fourth-order valence-electron chi connectivity index (χ4n) is 9.41. The average Bonchev–Trinajstić information content (AvgIpc) is 3.89. The first-order valence-corrected chi connectivity index (χ1v) is 21.0. The highest BCUT2D eigenvalue weighted by Crippen LogP contribution is 2.46. The quantitative estimate of drug-likeness (QED) is 0.0400. The predicted molar refractivity (Wildman–Crippen MR) is 216 cm³/mol. The van der Waals surface area contributed by atoms with Crippen LogP contribution in [0.2, 0.25) is 0 Å². The normalized spacial score (nSPS) is 25.9. The smallest absolute Gasteiger partial charge is 0.309 e. The second kappa shape index (κ2) is 20.0. The fourth-order valence-corrected chi connectivity index (χ4v) is 9.41. The lowest BCUT2D eigenvalue weighted by atomic mass is 9.80. The topological polar surface area (TPSA) is 168 Å². The molecule has 9 heteroatoms. The van der Waals surface area contributed by atoms with Gasteiger partial charge in [0.1, 0.15) is 5.82 Å². The zero-order valence-corrected chi connectivity index (χ0v) is 33.1. The molecule has 54 heavy (non-hydrogen) atoms. The highest BCUT2D eigenvalue weighted by molar-refractivity contribution is 5.70. The number of nitrogens with zero attached hydrogens (tertiary/aromatic N) is 1. The molecule has 3 aromatic rings. The molecule has 9 atom stereocenters. The van der Waals surface area contributed by atoms with E-state index in [2.05, 4.69) is 72.4 Å². The van der Waals surface area contributed by atoms with Crippen LogP contribution in [0, 0.1) is 29.6 Å². The van der Waals surface area contributed by atoms with Crippen molar-refractivity contribution in [3.63, 3.8) is 0 Å². The molecule has 3 aromatic heterocycles. The Hall–Kier alpha value is -3.40. The molecular formula is C45H68N4O5. The largest absolute Gasteiger partial charge is 0.481 e. The lowest BCUT2D eigenvalue weighted by Crippen LogP contribution is -2.37. The number of nitrogen functional groups attached to an aromatic ring is 1. The third kappa shape index (κ3) is 11.6. The van der Waals surface area contributed by atoms with Crippen LogP contribution in [-0.4, -0.2) is 59.2 Å². The van der Waals surface area contributed by atoms with Gasteiger partial charge in [0, 0.05) is 41.8 Å². The van der Waals surface area contributed by atoms with E-state index in [9.17, 15) is 25.2 Å². The van der Waals surface area contributed by atoms with E-state index in [0.29, 0.717) is 43.8 Å². The molecule has 1 saturated carbocycles. The van der Waals surface area contributed by atoms with E-state index < -0.39 is 23.6 Å². The van der Waals surface area contributed by atoms with E-state index in [1.165, 1.54) is 36.1 Å². The second-order valence-electron chi connectivity index (χ2n) is 16.9. The number of allylic oxidation sites excluding steroid dienone is 1. The van der Waals surface area contributed by atoms with Gasteiger partial charge in [0.05, 0.1) is 23.7 Å². The van der Waals surface area contributed by atoms with Gasteiger partial charge in [-0.15, -0.1) is 0 Å². The molecule has 0 unspecified atom stereocenters. The number of aryl methyl sites for hydroxylation is 1. The number of aromatic nitrogens is 3. The number of carbonyl (C=O) groups is 1. The summed E-state index contributed by atoms with van der Waals surface area (Å²) in [5, 5.41) is 44.5. The first-order chi connectivity index (χ1) is 26.0. The molecule has 2 aliphatic carbocycles. The van der Waals surface area contributed by atoms with Gasteiger partial charge in [0.25, 0.3) is 0 Å². The van der Waals surface area contributed by atoms with Crippen molar-refractivity contribution in [2.45, 2.75) is 154 Å². The number of hydrogen-bond donors (Lipinski definition) is 7. The molecule has 0 saturated heterocycles. The summed E-state index contributed by atoms with van der Waals surface area (Å²) < 4.78 is 0. The number of carboxylic acid groups (broad SMARTS) is 1. The first kappa shape index (κ1) is 41.8. The molecule has 3 heterocycles. The van der Waals surface area contributed by atoms with Crippen molar-refractivity contribution in [3.05, 3.63) is 83.1 Å². The van der Waals surface area contributed by atoms with Crippen molar-refractivity contribution in [1.82, 2.24) is 15.0 Å². The van der Waals surface area contributed by atoms with E-state index in [1.807, 2.05) is 12.1 Å². The van der Waals surface area contributed by atoms with Gasteiger partial charge < -0.3 is 36.1 Å². The Bertz CT molecular complexity index is 1620. The molecule has 0 radical (unpaired) electrons. The summed E-state index contributed by atoms with van der Waals surface area (Å²) in [5.41, 5.74) is 10.8. The summed E-state index contributed by atoms with van der Waals surface area (Å²) in [6.07, 6.45) is 22.9. The molecule has 2 aliphatic rings. The van der Waals surface area contributed by atoms with Crippen LogP contribution < -0.4 is 5.73 Å².